The molecule has 0 aliphatic rings. The van der Waals surface area contributed by atoms with Crippen molar-refractivity contribution in [1.29, 1.82) is 0 Å². The van der Waals surface area contributed by atoms with Crippen molar-refractivity contribution in [3.63, 3.8) is 0 Å². The lowest BCUT2D eigenvalue weighted by molar-refractivity contribution is 0.253. The van der Waals surface area contributed by atoms with Crippen molar-refractivity contribution in [3.05, 3.63) is 21.9 Å². The smallest absolute Gasteiger partial charge is 0.0299 e. The van der Waals surface area contributed by atoms with Crippen LogP contribution in [0.1, 0.15) is 44.4 Å². The maximum atomic E-state index is 3.56. The lowest BCUT2D eigenvalue weighted by Crippen LogP contribution is -2.29. The summed E-state index contributed by atoms with van der Waals surface area (Å²) in [6, 6.07) is 4.49. The van der Waals surface area contributed by atoms with Crippen LogP contribution in [0.25, 0.3) is 0 Å². The van der Waals surface area contributed by atoms with Crippen LogP contribution >= 0.6 is 11.3 Å². The van der Waals surface area contributed by atoms with E-state index in [0.717, 1.165) is 19.5 Å². The summed E-state index contributed by atoms with van der Waals surface area (Å²) in [6.45, 7) is 13.6. The Kier molecular flexibility index (Phi) is 5.00. The fourth-order valence-electron chi connectivity index (χ4n) is 1.43. The van der Waals surface area contributed by atoms with E-state index < -0.39 is 0 Å². The van der Waals surface area contributed by atoms with Gasteiger partial charge in [0.25, 0.3) is 0 Å². The van der Waals surface area contributed by atoms with Crippen LogP contribution in [0.2, 0.25) is 0 Å². The Labute approximate surface area is 104 Å². The van der Waals surface area contributed by atoms with Crippen molar-refractivity contribution < 1.29 is 0 Å². The highest BCUT2D eigenvalue weighted by Gasteiger charge is 2.19. The van der Waals surface area contributed by atoms with Crippen molar-refractivity contribution in [3.8, 4) is 0 Å². The van der Waals surface area contributed by atoms with Gasteiger partial charge < -0.3 is 5.32 Å². The number of nitrogens with one attached hydrogen (secondary N) is 1. The normalized spacial score (nSPS) is 14.1. The molecular weight excluding hydrogens is 214 g/mol. The fourth-order valence-corrected chi connectivity index (χ4v) is 2.35. The first-order valence-electron chi connectivity index (χ1n) is 6.21. The molecule has 1 heterocycles. The van der Waals surface area contributed by atoms with Gasteiger partial charge in [-0.05, 0) is 36.4 Å². The molecule has 0 aromatic carbocycles. The average Bonchev–Trinajstić information content (AvgIpc) is 2.64. The SMILES string of the molecule is CCc1ccc(CNCC(C)C(C)(C)C)s1. The Bertz CT molecular complexity index is 309. The zero-order chi connectivity index (χ0) is 12.2. The van der Waals surface area contributed by atoms with Crippen molar-refractivity contribution in [1.82, 2.24) is 5.32 Å². The van der Waals surface area contributed by atoms with Crippen LogP contribution in [-0.4, -0.2) is 6.54 Å². The Hall–Kier alpha value is -0.340. The van der Waals surface area contributed by atoms with Gasteiger partial charge in [-0.25, -0.2) is 0 Å². The van der Waals surface area contributed by atoms with Crippen LogP contribution in [0.4, 0.5) is 0 Å². The molecule has 0 radical (unpaired) electrons. The molecule has 0 aliphatic carbocycles. The second kappa shape index (κ2) is 5.83. The minimum absolute atomic E-state index is 0.400. The van der Waals surface area contributed by atoms with E-state index in [-0.39, 0.29) is 0 Å². The highest BCUT2D eigenvalue weighted by molar-refractivity contribution is 7.11. The number of rotatable bonds is 5. The molecule has 1 aromatic heterocycles. The topological polar surface area (TPSA) is 12.0 Å². The van der Waals surface area contributed by atoms with E-state index in [1.807, 2.05) is 11.3 Å². The van der Waals surface area contributed by atoms with E-state index >= 15 is 0 Å². The first-order valence-corrected chi connectivity index (χ1v) is 7.03. The molecule has 2 heteroatoms. The highest BCUT2D eigenvalue weighted by atomic mass is 32.1. The molecular formula is C14H25NS. The van der Waals surface area contributed by atoms with Gasteiger partial charge in [0.15, 0.2) is 0 Å². The Balaban J connectivity index is 2.30. The van der Waals surface area contributed by atoms with Crippen LogP contribution in [0.15, 0.2) is 12.1 Å². The van der Waals surface area contributed by atoms with Gasteiger partial charge in [-0.3, -0.25) is 0 Å². The molecule has 1 aromatic rings. The standard InChI is InChI=1S/C14H25NS/c1-6-12-7-8-13(16-12)10-15-9-11(2)14(3,4)5/h7-8,11,15H,6,9-10H2,1-5H3. The molecule has 0 aliphatic heterocycles. The number of hydrogen-bond acceptors (Lipinski definition) is 2. The minimum Gasteiger partial charge on any atom is -0.312 e. The van der Waals surface area contributed by atoms with E-state index in [4.69, 9.17) is 0 Å². The summed E-state index contributed by atoms with van der Waals surface area (Å²) >= 11 is 1.93. The number of aryl methyl sites for hydroxylation is 1. The molecule has 0 saturated heterocycles. The highest BCUT2D eigenvalue weighted by Crippen LogP contribution is 2.24. The molecule has 0 amide bonds. The zero-order valence-electron chi connectivity index (χ0n) is 11.3. The molecule has 1 unspecified atom stereocenters. The second-order valence-electron chi connectivity index (χ2n) is 5.62. The second-order valence-corrected chi connectivity index (χ2v) is 6.87. The average molecular weight is 239 g/mol. The van der Waals surface area contributed by atoms with Crippen LogP contribution in [-0.2, 0) is 13.0 Å². The molecule has 16 heavy (non-hydrogen) atoms. The molecule has 92 valence electrons. The van der Waals surface area contributed by atoms with Crippen LogP contribution < -0.4 is 5.32 Å². The summed E-state index contributed by atoms with van der Waals surface area (Å²) in [7, 11) is 0. The summed E-state index contributed by atoms with van der Waals surface area (Å²) in [5, 5.41) is 3.56. The summed E-state index contributed by atoms with van der Waals surface area (Å²) in [6.07, 6.45) is 1.16. The predicted molar refractivity (Wildman–Crippen MR) is 74.0 cm³/mol. The van der Waals surface area contributed by atoms with Gasteiger partial charge in [-0.15, -0.1) is 11.3 Å². The first-order chi connectivity index (χ1) is 7.43. The maximum absolute atomic E-state index is 3.56. The lowest BCUT2D eigenvalue weighted by atomic mass is 9.82. The van der Waals surface area contributed by atoms with Gasteiger partial charge in [0, 0.05) is 16.3 Å². The third kappa shape index (κ3) is 4.26. The molecule has 1 atom stereocenters. The maximum Gasteiger partial charge on any atom is 0.0299 e. The van der Waals surface area contributed by atoms with Crippen LogP contribution in [0, 0.1) is 11.3 Å². The summed E-state index contributed by atoms with van der Waals surface area (Å²) in [5.74, 6) is 0.707. The Morgan fingerprint density at radius 3 is 2.38 bits per heavy atom. The molecule has 0 spiro atoms. The zero-order valence-corrected chi connectivity index (χ0v) is 12.1. The molecule has 1 N–H and O–H groups in total. The molecule has 1 nitrogen and oxygen atoms in total. The van der Waals surface area contributed by atoms with E-state index in [1.54, 1.807) is 0 Å². The van der Waals surface area contributed by atoms with Gasteiger partial charge in [0.2, 0.25) is 0 Å². The Morgan fingerprint density at radius 2 is 1.88 bits per heavy atom. The van der Waals surface area contributed by atoms with Gasteiger partial charge in [-0.1, -0.05) is 34.6 Å². The lowest BCUT2D eigenvalue weighted by Gasteiger charge is -2.27. The van der Waals surface area contributed by atoms with E-state index in [0.29, 0.717) is 11.3 Å². The minimum atomic E-state index is 0.400. The van der Waals surface area contributed by atoms with Gasteiger partial charge >= 0.3 is 0 Å². The molecule has 0 bridgehead atoms. The quantitative estimate of drug-likeness (QED) is 0.816. The van der Waals surface area contributed by atoms with Crippen molar-refractivity contribution in [2.24, 2.45) is 11.3 Å². The summed E-state index contributed by atoms with van der Waals surface area (Å²) in [5.41, 5.74) is 0.400. The fraction of sp³-hybridized carbons (Fsp3) is 0.714. The monoisotopic (exact) mass is 239 g/mol. The third-order valence-corrected chi connectivity index (χ3v) is 4.52. The Morgan fingerprint density at radius 1 is 1.25 bits per heavy atom. The van der Waals surface area contributed by atoms with E-state index in [9.17, 15) is 0 Å². The molecule has 0 saturated carbocycles. The van der Waals surface area contributed by atoms with Gasteiger partial charge in [-0.2, -0.15) is 0 Å². The third-order valence-electron chi connectivity index (χ3n) is 3.29. The van der Waals surface area contributed by atoms with Crippen LogP contribution in [0.5, 0.6) is 0 Å². The molecule has 0 fully saturated rings. The van der Waals surface area contributed by atoms with Crippen molar-refractivity contribution in [2.75, 3.05) is 6.54 Å². The largest absolute Gasteiger partial charge is 0.312 e. The van der Waals surface area contributed by atoms with Crippen LogP contribution in [0.3, 0.4) is 0 Å². The first kappa shape index (κ1) is 13.7. The van der Waals surface area contributed by atoms with Gasteiger partial charge in [0.1, 0.15) is 0 Å². The molecule has 1 rings (SSSR count). The van der Waals surface area contributed by atoms with Crippen molar-refractivity contribution >= 4 is 11.3 Å². The summed E-state index contributed by atoms with van der Waals surface area (Å²) < 4.78 is 0. The summed E-state index contributed by atoms with van der Waals surface area (Å²) in [4.78, 5) is 2.94. The van der Waals surface area contributed by atoms with E-state index in [1.165, 1.54) is 9.75 Å². The predicted octanol–water partition coefficient (Wildman–Crippen LogP) is 4.08. The van der Waals surface area contributed by atoms with Crippen molar-refractivity contribution in [2.45, 2.75) is 47.6 Å². The number of thiophene rings is 1. The van der Waals surface area contributed by atoms with Gasteiger partial charge in [0.05, 0.1) is 0 Å². The number of hydrogen-bond donors (Lipinski definition) is 1. The van der Waals surface area contributed by atoms with E-state index in [2.05, 4.69) is 52.1 Å².